The number of aryl methyl sites for hydroxylation is 2. The molecule has 17 heavy (non-hydrogen) atoms. The second kappa shape index (κ2) is 4.93. The van der Waals surface area contributed by atoms with Gasteiger partial charge in [-0.15, -0.1) is 0 Å². The monoisotopic (exact) mass is 230 g/mol. The Hall–Kier alpha value is -1.94. The molecule has 0 unspecified atom stereocenters. The fraction of sp³-hybridized carbons (Fsp3) is 0.231. The van der Waals surface area contributed by atoms with E-state index < -0.39 is 0 Å². The summed E-state index contributed by atoms with van der Waals surface area (Å²) in [5.74, 6) is 1.16. The molecule has 0 amide bonds. The smallest absolute Gasteiger partial charge is 0.238 e. The Balaban J connectivity index is 2.16. The van der Waals surface area contributed by atoms with Crippen LogP contribution in [0.4, 0.5) is 0 Å². The highest BCUT2D eigenvalue weighted by molar-refractivity contribution is 5.30. The lowest BCUT2D eigenvalue weighted by Crippen LogP contribution is -1.95. The first-order valence-electron chi connectivity index (χ1n) is 5.37. The molecule has 0 atom stereocenters. The summed E-state index contributed by atoms with van der Waals surface area (Å²) in [4.78, 5) is 8.46. The SMILES string of the molecule is Cc1ncc(Oc2ccc(CO)cc2)nc1C. The van der Waals surface area contributed by atoms with Crippen molar-refractivity contribution < 1.29 is 9.84 Å². The molecule has 0 bridgehead atoms. The molecule has 0 saturated carbocycles. The fourth-order valence-electron chi connectivity index (χ4n) is 1.35. The molecule has 0 fully saturated rings. The molecule has 2 rings (SSSR count). The number of benzene rings is 1. The Morgan fingerprint density at radius 2 is 1.82 bits per heavy atom. The van der Waals surface area contributed by atoms with Gasteiger partial charge in [0.1, 0.15) is 5.75 Å². The maximum Gasteiger partial charge on any atom is 0.238 e. The summed E-state index contributed by atoms with van der Waals surface area (Å²) < 4.78 is 5.56. The van der Waals surface area contributed by atoms with Crippen LogP contribution in [-0.4, -0.2) is 15.1 Å². The van der Waals surface area contributed by atoms with E-state index in [1.54, 1.807) is 18.3 Å². The molecule has 1 aromatic carbocycles. The van der Waals surface area contributed by atoms with Crippen molar-refractivity contribution in [2.45, 2.75) is 20.5 Å². The van der Waals surface area contributed by atoms with Crippen molar-refractivity contribution >= 4 is 0 Å². The van der Waals surface area contributed by atoms with Crippen LogP contribution in [-0.2, 0) is 6.61 Å². The molecule has 0 aliphatic carbocycles. The summed E-state index contributed by atoms with van der Waals surface area (Å²) in [5.41, 5.74) is 2.60. The predicted octanol–water partition coefficient (Wildman–Crippen LogP) is 2.38. The van der Waals surface area contributed by atoms with Crippen LogP contribution < -0.4 is 4.74 Å². The third-order valence-electron chi connectivity index (χ3n) is 2.50. The van der Waals surface area contributed by atoms with E-state index in [2.05, 4.69) is 9.97 Å². The standard InChI is InChI=1S/C13H14N2O2/c1-9-10(2)15-13(7-14-9)17-12-5-3-11(8-16)4-6-12/h3-7,16H,8H2,1-2H3. The maximum atomic E-state index is 8.92. The predicted molar refractivity (Wildman–Crippen MR) is 63.9 cm³/mol. The minimum atomic E-state index is 0.0315. The van der Waals surface area contributed by atoms with Gasteiger partial charge in [0.25, 0.3) is 0 Å². The van der Waals surface area contributed by atoms with E-state index in [0.717, 1.165) is 17.0 Å². The highest BCUT2D eigenvalue weighted by atomic mass is 16.5. The van der Waals surface area contributed by atoms with Gasteiger partial charge >= 0.3 is 0 Å². The minimum Gasteiger partial charge on any atom is -0.437 e. The molecule has 0 saturated heterocycles. The number of aliphatic hydroxyl groups excluding tert-OH is 1. The van der Waals surface area contributed by atoms with E-state index in [-0.39, 0.29) is 6.61 Å². The van der Waals surface area contributed by atoms with Gasteiger partial charge in [0.05, 0.1) is 24.2 Å². The molecule has 88 valence electrons. The van der Waals surface area contributed by atoms with Gasteiger partial charge in [-0.05, 0) is 31.5 Å². The van der Waals surface area contributed by atoms with Crippen molar-refractivity contribution in [3.63, 3.8) is 0 Å². The summed E-state index contributed by atoms with van der Waals surface area (Å²) in [5, 5.41) is 8.92. The molecule has 2 aromatic rings. The third-order valence-corrected chi connectivity index (χ3v) is 2.50. The Labute approximate surface area is 99.9 Å². The fourth-order valence-corrected chi connectivity index (χ4v) is 1.35. The van der Waals surface area contributed by atoms with Gasteiger partial charge in [-0.3, -0.25) is 4.98 Å². The third kappa shape index (κ3) is 2.79. The first-order valence-corrected chi connectivity index (χ1v) is 5.37. The van der Waals surface area contributed by atoms with Crippen molar-refractivity contribution in [1.29, 1.82) is 0 Å². The number of rotatable bonds is 3. The van der Waals surface area contributed by atoms with Gasteiger partial charge in [-0.1, -0.05) is 12.1 Å². The number of nitrogens with zero attached hydrogens (tertiary/aromatic N) is 2. The Morgan fingerprint density at radius 1 is 1.12 bits per heavy atom. The largest absolute Gasteiger partial charge is 0.437 e. The molecule has 1 heterocycles. The molecule has 1 aromatic heterocycles. The molecule has 0 aliphatic heterocycles. The van der Waals surface area contributed by atoms with Crippen LogP contribution in [0.15, 0.2) is 30.5 Å². The average molecular weight is 230 g/mol. The summed E-state index contributed by atoms with van der Waals surface area (Å²) in [7, 11) is 0. The first-order chi connectivity index (χ1) is 8.19. The lowest BCUT2D eigenvalue weighted by molar-refractivity contribution is 0.281. The number of ether oxygens (including phenoxy) is 1. The van der Waals surface area contributed by atoms with Crippen molar-refractivity contribution in [3.8, 4) is 11.6 Å². The molecular weight excluding hydrogens is 216 g/mol. The van der Waals surface area contributed by atoms with Crippen LogP contribution >= 0.6 is 0 Å². The lowest BCUT2D eigenvalue weighted by Gasteiger charge is -2.06. The Morgan fingerprint density at radius 3 is 2.41 bits per heavy atom. The number of hydrogen-bond donors (Lipinski definition) is 1. The first kappa shape index (κ1) is 11.5. The van der Waals surface area contributed by atoms with E-state index >= 15 is 0 Å². The zero-order chi connectivity index (χ0) is 12.3. The van der Waals surface area contributed by atoms with Gasteiger partial charge in [-0.25, -0.2) is 4.98 Å². The van der Waals surface area contributed by atoms with Crippen molar-refractivity contribution in [2.75, 3.05) is 0 Å². The maximum absolute atomic E-state index is 8.92. The van der Waals surface area contributed by atoms with E-state index in [9.17, 15) is 0 Å². The topological polar surface area (TPSA) is 55.2 Å². The summed E-state index contributed by atoms with van der Waals surface area (Å²) in [6.45, 7) is 3.83. The van der Waals surface area contributed by atoms with Gasteiger partial charge < -0.3 is 9.84 Å². The molecule has 4 heteroatoms. The molecule has 4 nitrogen and oxygen atoms in total. The molecule has 0 radical (unpaired) electrons. The molecule has 0 aliphatic rings. The molecule has 1 N–H and O–H groups in total. The van der Waals surface area contributed by atoms with Gasteiger partial charge in [-0.2, -0.15) is 0 Å². The number of hydrogen-bond acceptors (Lipinski definition) is 4. The zero-order valence-electron chi connectivity index (χ0n) is 9.84. The normalized spacial score (nSPS) is 10.3. The lowest BCUT2D eigenvalue weighted by atomic mass is 10.2. The highest BCUT2D eigenvalue weighted by Gasteiger charge is 2.02. The van der Waals surface area contributed by atoms with E-state index in [0.29, 0.717) is 11.6 Å². The Bertz CT molecular complexity index is 509. The van der Waals surface area contributed by atoms with Gasteiger partial charge in [0.15, 0.2) is 0 Å². The van der Waals surface area contributed by atoms with Crippen LogP contribution in [0.25, 0.3) is 0 Å². The Kier molecular flexibility index (Phi) is 3.35. The van der Waals surface area contributed by atoms with Crippen molar-refractivity contribution in [2.24, 2.45) is 0 Å². The average Bonchev–Trinajstić information content (AvgIpc) is 2.35. The zero-order valence-corrected chi connectivity index (χ0v) is 9.84. The second-order valence-electron chi connectivity index (χ2n) is 3.78. The number of aliphatic hydroxyl groups is 1. The highest BCUT2D eigenvalue weighted by Crippen LogP contribution is 2.19. The van der Waals surface area contributed by atoms with Crippen LogP contribution in [0.3, 0.4) is 0 Å². The van der Waals surface area contributed by atoms with Gasteiger partial charge in [0.2, 0.25) is 5.88 Å². The summed E-state index contributed by atoms with van der Waals surface area (Å²) >= 11 is 0. The minimum absolute atomic E-state index is 0.0315. The van der Waals surface area contributed by atoms with Gasteiger partial charge in [0, 0.05) is 0 Å². The summed E-state index contributed by atoms with van der Waals surface area (Å²) in [6, 6.07) is 7.21. The van der Waals surface area contributed by atoms with E-state index in [4.69, 9.17) is 9.84 Å². The van der Waals surface area contributed by atoms with Crippen LogP contribution in [0, 0.1) is 13.8 Å². The van der Waals surface area contributed by atoms with Crippen LogP contribution in [0.2, 0.25) is 0 Å². The quantitative estimate of drug-likeness (QED) is 0.879. The molecular formula is C13H14N2O2. The van der Waals surface area contributed by atoms with E-state index in [1.807, 2.05) is 26.0 Å². The van der Waals surface area contributed by atoms with Crippen LogP contribution in [0.5, 0.6) is 11.6 Å². The second-order valence-corrected chi connectivity index (χ2v) is 3.78. The van der Waals surface area contributed by atoms with Crippen LogP contribution in [0.1, 0.15) is 17.0 Å². The van der Waals surface area contributed by atoms with Crippen molar-refractivity contribution in [1.82, 2.24) is 9.97 Å². The summed E-state index contributed by atoms with van der Waals surface area (Å²) in [6.07, 6.45) is 1.60. The van der Waals surface area contributed by atoms with Crippen molar-refractivity contribution in [3.05, 3.63) is 47.4 Å². The number of aromatic nitrogens is 2. The molecule has 0 spiro atoms. The van der Waals surface area contributed by atoms with E-state index in [1.165, 1.54) is 0 Å².